The Morgan fingerprint density at radius 2 is 2.10 bits per heavy atom. The predicted molar refractivity (Wildman–Crippen MR) is 86.0 cm³/mol. The smallest absolute Gasteiger partial charge is 0.168 e. The molecular formula is C14H11ClN4S. The minimum Gasteiger partial charge on any atom is -0.376 e. The maximum Gasteiger partial charge on any atom is 0.168 e. The van der Waals surface area contributed by atoms with E-state index in [4.69, 9.17) is 29.6 Å². The molecule has 100 valence electrons. The van der Waals surface area contributed by atoms with E-state index in [0.29, 0.717) is 5.02 Å². The van der Waals surface area contributed by atoms with E-state index in [1.165, 1.54) is 0 Å². The number of nitrogens with one attached hydrogen (secondary N) is 1. The van der Waals surface area contributed by atoms with Crippen LogP contribution in [0.15, 0.2) is 48.8 Å². The van der Waals surface area contributed by atoms with Crippen LogP contribution in [0.5, 0.6) is 0 Å². The Morgan fingerprint density at radius 3 is 2.90 bits per heavy atom. The summed E-state index contributed by atoms with van der Waals surface area (Å²) >= 11 is 10.8. The van der Waals surface area contributed by atoms with Gasteiger partial charge in [0.05, 0.1) is 10.7 Å². The second-order valence-corrected chi connectivity index (χ2v) is 5.19. The fourth-order valence-electron chi connectivity index (χ4n) is 2.00. The SMILES string of the molecule is NC(=S)Nc1cccc(-c2cn3cc(Cl)ccc3n2)c1. The summed E-state index contributed by atoms with van der Waals surface area (Å²) < 4.78 is 1.89. The van der Waals surface area contributed by atoms with E-state index in [9.17, 15) is 0 Å². The van der Waals surface area contributed by atoms with Gasteiger partial charge >= 0.3 is 0 Å². The molecule has 3 rings (SSSR count). The minimum absolute atomic E-state index is 0.240. The molecule has 1 aromatic carbocycles. The van der Waals surface area contributed by atoms with Gasteiger partial charge in [0.2, 0.25) is 0 Å². The van der Waals surface area contributed by atoms with Crippen molar-refractivity contribution >= 4 is 40.3 Å². The Balaban J connectivity index is 2.03. The van der Waals surface area contributed by atoms with E-state index in [2.05, 4.69) is 10.3 Å². The normalized spacial score (nSPS) is 10.7. The second kappa shape index (κ2) is 5.11. The van der Waals surface area contributed by atoms with Gasteiger partial charge in [0.25, 0.3) is 0 Å². The lowest BCUT2D eigenvalue weighted by atomic mass is 10.1. The third kappa shape index (κ3) is 2.59. The molecule has 0 aliphatic heterocycles. The summed E-state index contributed by atoms with van der Waals surface area (Å²) in [6.07, 6.45) is 3.76. The second-order valence-electron chi connectivity index (χ2n) is 4.31. The van der Waals surface area contributed by atoms with E-state index in [1.54, 1.807) is 0 Å². The molecule has 0 unspecified atom stereocenters. The maximum absolute atomic E-state index is 5.97. The zero-order valence-electron chi connectivity index (χ0n) is 10.4. The molecule has 2 aromatic heterocycles. The number of imidazole rings is 1. The molecule has 0 bridgehead atoms. The highest BCUT2D eigenvalue weighted by atomic mass is 35.5. The summed E-state index contributed by atoms with van der Waals surface area (Å²) in [5.41, 5.74) is 9.00. The first-order valence-corrected chi connectivity index (χ1v) is 6.71. The molecule has 3 aromatic rings. The first-order chi connectivity index (χ1) is 9.61. The molecule has 0 fully saturated rings. The summed E-state index contributed by atoms with van der Waals surface area (Å²) in [5.74, 6) is 0. The zero-order valence-corrected chi connectivity index (χ0v) is 11.9. The van der Waals surface area contributed by atoms with Crippen LogP contribution in [0.2, 0.25) is 5.02 Å². The molecule has 0 aliphatic rings. The summed E-state index contributed by atoms with van der Waals surface area (Å²) in [4.78, 5) is 4.56. The van der Waals surface area contributed by atoms with Crippen LogP contribution in [0.4, 0.5) is 5.69 Å². The highest BCUT2D eigenvalue weighted by Crippen LogP contribution is 2.23. The van der Waals surface area contributed by atoms with Crippen molar-refractivity contribution < 1.29 is 0 Å². The van der Waals surface area contributed by atoms with E-state index in [-0.39, 0.29) is 5.11 Å². The zero-order chi connectivity index (χ0) is 14.1. The van der Waals surface area contributed by atoms with Crippen LogP contribution in [-0.2, 0) is 0 Å². The van der Waals surface area contributed by atoms with Crippen molar-refractivity contribution in [3.05, 3.63) is 53.8 Å². The molecule has 3 N–H and O–H groups in total. The molecule has 0 spiro atoms. The Morgan fingerprint density at radius 1 is 1.25 bits per heavy atom. The van der Waals surface area contributed by atoms with Gasteiger partial charge in [-0.05, 0) is 36.5 Å². The lowest BCUT2D eigenvalue weighted by Crippen LogP contribution is -2.18. The van der Waals surface area contributed by atoms with Gasteiger partial charge in [-0.15, -0.1) is 0 Å². The number of hydrogen-bond donors (Lipinski definition) is 2. The van der Waals surface area contributed by atoms with Crippen molar-refractivity contribution in [3.8, 4) is 11.3 Å². The van der Waals surface area contributed by atoms with E-state index >= 15 is 0 Å². The largest absolute Gasteiger partial charge is 0.376 e. The summed E-state index contributed by atoms with van der Waals surface area (Å²) in [6, 6.07) is 11.4. The van der Waals surface area contributed by atoms with Gasteiger partial charge in [-0.3, -0.25) is 0 Å². The number of halogens is 1. The first kappa shape index (κ1) is 12.9. The number of rotatable bonds is 2. The number of benzene rings is 1. The molecule has 0 atom stereocenters. The molecule has 2 heterocycles. The Labute approximate surface area is 126 Å². The molecule has 0 aliphatic carbocycles. The van der Waals surface area contributed by atoms with Crippen LogP contribution < -0.4 is 11.1 Å². The van der Waals surface area contributed by atoms with Crippen LogP contribution in [0.3, 0.4) is 0 Å². The maximum atomic E-state index is 5.97. The summed E-state index contributed by atoms with van der Waals surface area (Å²) in [7, 11) is 0. The Kier molecular flexibility index (Phi) is 3.30. The van der Waals surface area contributed by atoms with Crippen molar-refractivity contribution in [1.29, 1.82) is 0 Å². The highest BCUT2D eigenvalue weighted by Gasteiger charge is 2.05. The van der Waals surface area contributed by atoms with Crippen molar-refractivity contribution in [2.24, 2.45) is 5.73 Å². The molecule has 0 radical (unpaired) electrons. The number of nitrogens with two attached hydrogens (primary N) is 1. The van der Waals surface area contributed by atoms with Gasteiger partial charge in [-0.2, -0.15) is 0 Å². The monoisotopic (exact) mass is 302 g/mol. The number of anilines is 1. The van der Waals surface area contributed by atoms with Gasteiger partial charge in [-0.25, -0.2) is 4.98 Å². The highest BCUT2D eigenvalue weighted by molar-refractivity contribution is 7.80. The van der Waals surface area contributed by atoms with Crippen LogP contribution in [0, 0.1) is 0 Å². The Bertz CT molecular complexity index is 797. The van der Waals surface area contributed by atoms with Crippen molar-refractivity contribution in [2.75, 3.05) is 5.32 Å². The standard InChI is InChI=1S/C14H11ClN4S/c15-10-4-5-13-18-12(8-19(13)7-10)9-2-1-3-11(6-9)17-14(16)20/h1-8H,(H3,16,17,20). The van der Waals surface area contributed by atoms with Crippen molar-refractivity contribution in [1.82, 2.24) is 9.38 Å². The fraction of sp³-hybridized carbons (Fsp3) is 0. The minimum atomic E-state index is 0.240. The van der Waals surface area contributed by atoms with E-state index in [0.717, 1.165) is 22.6 Å². The fourth-order valence-corrected chi connectivity index (χ4v) is 2.29. The molecule has 6 heteroatoms. The third-order valence-corrected chi connectivity index (χ3v) is 3.17. The third-order valence-electron chi connectivity index (χ3n) is 2.84. The number of aromatic nitrogens is 2. The number of pyridine rings is 1. The summed E-state index contributed by atoms with van der Waals surface area (Å²) in [6.45, 7) is 0. The van der Waals surface area contributed by atoms with Crippen molar-refractivity contribution in [3.63, 3.8) is 0 Å². The molecule has 0 saturated heterocycles. The molecule has 0 amide bonds. The van der Waals surface area contributed by atoms with Gasteiger partial charge in [0, 0.05) is 23.6 Å². The van der Waals surface area contributed by atoms with Gasteiger partial charge in [0.1, 0.15) is 5.65 Å². The molecular weight excluding hydrogens is 292 g/mol. The molecule has 4 nitrogen and oxygen atoms in total. The lowest BCUT2D eigenvalue weighted by molar-refractivity contribution is 1.19. The van der Waals surface area contributed by atoms with Gasteiger partial charge in [-0.1, -0.05) is 23.7 Å². The average molecular weight is 303 g/mol. The molecule has 20 heavy (non-hydrogen) atoms. The number of fused-ring (bicyclic) bond motifs is 1. The van der Waals surface area contributed by atoms with E-state index in [1.807, 2.05) is 53.2 Å². The Hall–Kier alpha value is -2.11. The van der Waals surface area contributed by atoms with E-state index < -0.39 is 0 Å². The van der Waals surface area contributed by atoms with Crippen LogP contribution >= 0.6 is 23.8 Å². The topological polar surface area (TPSA) is 55.3 Å². The number of hydrogen-bond acceptors (Lipinski definition) is 2. The summed E-state index contributed by atoms with van der Waals surface area (Å²) in [5, 5.41) is 3.82. The van der Waals surface area contributed by atoms with Gasteiger partial charge in [0.15, 0.2) is 5.11 Å². The van der Waals surface area contributed by atoms with Gasteiger partial charge < -0.3 is 15.5 Å². The average Bonchev–Trinajstić information content (AvgIpc) is 2.81. The number of thiocarbonyl (C=S) groups is 1. The number of nitrogens with zero attached hydrogens (tertiary/aromatic N) is 2. The van der Waals surface area contributed by atoms with Crippen LogP contribution in [-0.4, -0.2) is 14.5 Å². The quantitative estimate of drug-likeness (QED) is 0.713. The first-order valence-electron chi connectivity index (χ1n) is 5.93. The lowest BCUT2D eigenvalue weighted by Gasteiger charge is -2.04. The van der Waals surface area contributed by atoms with Crippen LogP contribution in [0.1, 0.15) is 0 Å². The molecule has 0 saturated carbocycles. The van der Waals surface area contributed by atoms with Crippen LogP contribution in [0.25, 0.3) is 16.9 Å². The predicted octanol–water partition coefficient (Wildman–Crippen LogP) is 3.31. The van der Waals surface area contributed by atoms with Crippen molar-refractivity contribution in [2.45, 2.75) is 0 Å².